The van der Waals surface area contributed by atoms with E-state index in [0.717, 1.165) is 13.1 Å². The normalized spacial score (nSPS) is 23.3. The molecule has 1 fully saturated rings. The summed E-state index contributed by atoms with van der Waals surface area (Å²) in [6.07, 6.45) is 0.739. The molecule has 1 aliphatic heterocycles. The third-order valence-corrected chi connectivity index (χ3v) is 4.13. The lowest BCUT2D eigenvalue weighted by atomic mass is 9.92. The van der Waals surface area contributed by atoms with E-state index in [9.17, 15) is 9.90 Å². The molecule has 0 unspecified atom stereocenters. The number of benzene rings is 1. The van der Waals surface area contributed by atoms with Crippen LogP contribution in [0, 0.1) is 11.8 Å². The maximum absolute atomic E-state index is 11.4. The number of hydrogen-bond acceptors (Lipinski definition) is 5. The summed E-state index contributed by atoms with van der Waals surface area (Å²) in [5.74, 6) is 1.62. The molecule has 5 nitrogen and oxygen atoms in total. The van der Waals surface area contributed by atoms with Gasteiger partial charge in [0.25, 0.3) is 0 Å². The number of piperidine rings is 1. The molecule has 0 spiro atoms. The molecule has 1 saturated heterocycles. The van der Waals surface area contributed by atoms with Gasteiger partial charge in [0, 0.05) is 19.6 Å². The van der Waals surface area contributed by atoms with Gasteiger partial charge in [-0.2, -0.15) is 0 Å². The van der Waals surface area contributed by atoms with Gasteiger partial charge in [0.1, 0.15) is 18.5 Å². The van der Waals surface area contributed by atoms with Crippen molar-refractivity contribution in [1.82, 2.24) is 4.90 Å². The van der Waals surface area contributed by atoms with Crippen molar-refractivity contribution in [3.63, 3.8) is 0 Å². The van der Waals surface area contributed by atoms with Crippen LogP contribution in [0.15, 0.2) is 24.3 Å². The van der Waals surface area contributed by atoms with Crippen LogP contribution >= 0.6 is 0 Å². The number of esters is 1. The molecule has 0 aromatic heterocycles. The van der Waals surface area contributed by atoms with E-state index in [1.807, 2.05) is 0 Å². The topological polar surface area (TPSA) is 59.0 Å². The number of hydrogen-bond donors (Lipinski definition) is 1. The van der Waals surface area contributed by atoms with Gasteiger partial charge in [-0.25, -0.2) is 4.79 Å². The first-order valence-electron chi connectivity index (χ1n) is 8.19. The minimum absolute atomic E-state index is 0.247. The molecule has 1 aromatic carbocycles. The van der Waals surface area contributed by atoms with Crippen molar-refractivity contribution in [2.24, 2.45) is 11.8 Å². The number of ether oxygens (including phenoxy) is 2. The fourth-order valence-electron chi connectivity index (χ4n) is 3.29. The van der Waals surface area contributed by atoms with Gasteiger partial charge in [0.2, 0.25) is 0 Å². The average Bonchev–Trinajstić information content (AvgIpc) is 2.51. The number of carbonyl (C=O) groups excluding carboxylic acids is 1. The van der Waals surface area contributed by atoms with Crippen molar-refractivity contribution in [2.45, 2.75) is 26.4 Å². The minimum Gasteiger partial charge on any atom is -0.491 e. The Labute approximate surface area is 138 Å². The summed E-state index contributed by atoms with van der Waals surface area (Å²) in [5, 5.41) is 10.2. The SMILES string of the molecule is COC(=O)c1ccc(OC[C@@H](O)CN2C[C@@H](C)C[C@H](C)C2)cc1. The Morgan fingerprint density at radius 2 is 1.87 bits per heavy atom. The molecule has 3 atom stereocenters. The monoisotopic (exact) mass is 321 g/mol. The number of aliphatic hydroxyl groups is 1. The smallest absolute Gasteiger partial charge is 0.337 e. The fourth-order valence-corrected chi connectivity index (χ4v) is 3.29. The van der Waals surface area contributed by atoms with Crippen molar-refractivity contribution in [3.8, 4) is 5.75 Å². The molecule has 0 bridgehead atoms. The Balaban J connectivity index is 1.77. The van der Waals surface area contributed by atoms with Crippen LogP contribution in [0.2, 0.25) is 0 Å². The van der Waals surface area contributed by atoms with Gasteiger partial charge in [-0.05, 0) is 42.5 Å². The first kappa shape index (κ1) is 17.8. The van der Waals surface area contributed by atoms with Gasteiger partial charge in [-0.15, -0.1) is 0 Å². The number of methoxy groups -OCH3 is 1. The predicted octanol–water partition coefficient (Wildman–Crippen LogP) is 2.19. The molecule has 128 valence electrons. The number of aliphatic hydroxyl groups excluding tert-OH is 1. The van der Waals surface area contributed by atoms with Gasteiger partial charge in [-0.1, -0.05) is 13.8 Å². The second kappa shape index (κ2) is 8.31. The van der Waals surface area contributed by atoms with Crippen molar-refractivity contribution in [2.75, 3.05) is 33.4 Å². The minimum atomic E-state index is -0.521. The van der Waals surface area contributed by atoms with Crippen molar-refractivity contribution < 1.29 is 19.4 Å². The van der Waals surface area contributed by atoms with Crippen molar-refractivity contribution in [1.29, 1.82) is 0 Å². The van der Waals surface area contributed by atoms with Crippen molar-refractivity contribution in [3.05, 3.63) is 29.8 Å². The highest BCUT2D eigenvalue weighted by Gasteiger charge is 2.23. The molecule has 0 radical (unpaired) electrons. The molecular weight excluding hydrogens is 294 g/mol. The summed E-state index contributed by atoms with van der Waals surface area (Å²) in [6, 6.07) is 6.73. The molecule has 0 saturated carbocycles. The molecule has 1 aliphatic rings. The average molecular weight is 321 g/mol. The van der Waals surface area contributed by atoms with Gasteiger partial charge in [0.05, 0.1) is 12.7 Å². The highest BCUT2D eigenvalue weighted by Crippen LogP contribution is 2.21. The van der Waals surface area contributed by atoms with Gasteiger partial charge in [0.15, 0.2) is 0 Å². The van der Waals surface area contributed by atoms with E-state index in [1.54, 1.807) is 24.3 Å². The third kappa shape index (κ3) is 5.52. The Kier molecular flexibility index (Phi) is 6.42. The lowest BCUT2D eigenvalue weighted by Gasteiger charge is -2.35. The largest absolute Gasteiger partial charge is 0.491 e. The standard InChI is InChI=1S/C18H27NO4/c1-13-8-14(2)10-19(9-13)11-16(20)12-23-17-6-4-15(5-7-17)18(21)22-3/h4-7,13-14,16,20H,8-12H2,1-3H3/t13-,14-,16-/m0/s1. The first-order valence-corrected chi connectivity index (χ1v) is 8.19. The lowest BCUT2D eigenvalue weighted by Crippen LogP contribution is -2.43. The zero-order valence-corrected chi connectivity index (χ0v) is 14.2. The van der Waals surface area contributed by atoms with E-state index in [1.165, 1.54) is 13.5 Å². The zero-order chi connectivity index (χ0) is 16.8. The van der Waals surface area contributed by atoms with E-state index >= 15 is 0 Å². The van der Waals surface area contributed by atoms with E-state index < -0.39 is 6.10 Å². The number of likely N-dealkylation sites (tertiary alicyclic amines) is 1. The Morgan fingerprint density at radius 1 is 1.26 bits per heavy atom. The summed E-state index contributed by atoms with van der Waals surface area (Å²) in [7, 11) is 1.35. The van der Waals surface area contributed by atoms with Crippen LogP contribution in [0.5, 0.6) is 5.75 Å². The van der Waals surface area contributed by atoms with Crippen LogP contribution in [0.1, 0.15) is 30.6 Å². The molecule has 1 heterocycles. The molecular formula is C18H27NO4. The summed E-state index contributed by atoms with van der Waals surface area (Å²) in [6.45, 7) is 7.47. The molecule has 1 aromatic rings. The molecule has 0 aliphatic carbocycles. The first-order chi connectivity index (χ1) is 11.0. The van der Waals surface area contributed by atoms with Crippen LogP contribution in [0.25, 0.3) is 0 Å². The van der Waals surface area contributed by atoms with Gasteiger partial charge >= 0.3 is 5.97 Å². The number of rotatable bonds is 6. The molecule has 0 amide bonds. The van der Waals surface area contributed by atoms with Gasteiger partial charge in [-0.3, -0.25) is 0 Å². The quantitative estimate of drug-likeness (QED) is 0.814. The maximum Gasteiger partial charge on any atom is 0.337 e. The summed E-state index contributed by atoms with van der Waals surface area (Å²) < 4.78 is 10.3. The molecule has 23 heavy (non-hydrogen) atoms. The Bertz CT molecular complexity index is 492. The summed E-state index contributed by atoms with van der Waals surface area (Å²) in [4.78, 5) is 13.7. The van der Waals surface area contributed by atoms with E-state index in [2.05, 4.69) is 23.5 Å². The Hall–Kier alpha value is -1.59. The number of β-amino-alcohol motifs (C(OH)–C–C–N with tert-alkyl or cyclic N) is 1. The molecule has 2 rings (SSSR count). The summed E-state index contributed by atoms with van der Waals surface area (Å²) in [5.41, 5.74) is 0.483. The van der Waals surface area contributed by atoms with Crippen LogP contribution in [-0.2, 0) is 4.74 Å². The number of carbonyl (C=O) groups is 1. The van der Waals surface area contributed by atoms with E-state index in [4.69, 9.17) is 4.74 Å². The highest BCUT2D eigenvalue weighted by atomic mass is 16.5. The predicted molar refractivity (Wildman–Crippen MR) is 88.7 cm³/mol. The lowest BCUT2D eigenvalue weighted by molar-refractivity contribution is 0.0428. The van der Waals surface area contributed by atoms with E-state index in [-0.39, 0.29) is 12.6 Å². The highest BCUT2D eigenvalue weighted by molar-refractivity contribution is 5.89. The second-order valence-electron chi connectivity index (χ2n) is 6.65. The second-order valence-corrected chi connectivity index (χ2v) is 6.65. The number of nitrogens with zero attached hydrogens (tertiary/aromatic N) is 1. The fraction of sp³-hybridized carbons (Fsp3) is 0.611. The van der Waals surface area contributed by atoms with Crippen LogP contribution in [0.4, 0.5) is 0 Å². The summed E-state index contributed by atoms with van der Waals surface area (Å²) >= 11 is 0. The van der Waals surface area contributed by atoms with Crippen LogP contribution in [-0.4, -0.2) is 55.4 Å². The van der Waals surface area contributed by atoms with Crippen molar-refractivity contribution >= 4 is 5.97 Å². The Morgan fingerprint density at radius 3 is 2.43 bits per heavy atom. The van der Waals surface area contributed by atoms with Gasteiger partial charge < -0.3 is 19.5 Å². The molecule has 5 heteroatoms. The maximum atomic E-state index is 11.4. The zero-order valence-electron chi connectivity index (χ0n) is 14.2. The van der Waals surface area contributed by atoms with Crippen LogP contribution < -0.4 is 4.74 Å². The van der Waals surface area contributed by atoms with E-state index in [0.29, 0.717) is 29.7 Å². The third-order valence-electron chi connectivity index (χ3n) is 4.13. The van der Waals surface area contributed by atoms with Crippen LogP contribution in [0.3, 0.4) is 0 Å². The molecule has 1 N–H and O–H groups in total.